The molecule has 130 valence electrons. The van der Waals surface area contributed by atoms with Gasteiger partial charge in [0.2, 0.25) is 0 Å². The maximum Gasteiger partial charge on any atom is 0.380 e. The lowest BCUT2D eigenvalue weighted by molar-refractivity contribution is 0.487. The number of hydrogen-bond acceptors (Lipinski definition) is 6. The van der Waals surface area contributed by atoms with Crippen LogP contribution in [0.5, 0.6) is 5.75 Å². The lowest BCUT2D eigenvalue weighted by Crippen LogP contribution is -2.36. The van der Waals surface area contributed by atoms with Crippen LogP contribution in [0.3, 0.4) is 0 Å². The van der Waals surface area contributed by atoms with Crippen molar-refractivity contribution in [1.29, 1.82) is 0 Å². The molecule has 2 aromatic rings. The summed E-state index contributed by atoms with van der Waals surface area (Å²) < 4.78 is 50.8. The number of rotatable bonds is 6. The molecule has 0 aliphatic heterocycles. The molecule has 9 nitrogen and oxygen atoms in total. The van der Waals surface area contributed by atoms with Gasteiger partial charge in [-0.1, -0.05) is 12.1 Å². The minimum Gasteiger partial charge on any atom is -0.399 e. The number of nitrogens with two attached hydrogens (primary N) is 3. The molecule has 0 bridgehead atoms. The number of nitrogens with zero attached hydrogens (tertiary/aromatic N) is 1. The van der Waals surface area contributed by atoms with Gasteiger partial charge < -0.3 is 9.92 Å². The molecular weight excluding hydrogens is 356 g/mol. The first-order chi connectivity index (χ1) is 11.0. The van der Waals surface area contributed by atoms with Crippen LogP contribution in [0, 0.1) is 0 Å². The summed E-state index contributed by atoms with van der Waals surface area (Å²) in [7, 11) is -8.14. The number of anilines is 2. The topological polar surface area (TPSA) is 159 Å². The van der Waals surface area contributed by atoms with E-state index in [0.717, 1.165) is 4.31 Å². The second-order valence-corrected chi connectivity index (χ2v) is 7.49. The second-order valence-electron chi connectivity index (χ2n) is 4.86. The van der Waals surface area contributed by atoms with Gasteiger partial charge in [-0.05, 0) is 42.0 Å². The lowest BCUT2D eigenvalue weighted by Gasteiger charge is -2.22. The van der Waals surface area contributed by atoms with E-state index in [1.807, 2.05) is 0 Å². The highest BCUT2D eigenvalue weighted by atomic mass is 32.2. The van der Waals surface area contributed by atoms with Crippen LogP contribution < -0.4 is 24.5 Å². The molecule has 0 saturated carbocycles. The Morgan fingerprint density at radius 2 is 1.42 bits per heavy atom. The Morgan fingerprint density at radius 3 is 1.88 bits per heavy atom. The highest BCUT2D eigenvalue weighted by Crippen LogP contribution is 2.22. The summed E-state index contributed by atoms with van der Waals surface area (Å²) in [5.74, 6) is 0.0101. The van der Waals surface area contributed by atoms with Crippen molar-refractivity contribution in [2.75, 3.05) is 10.0 Å². The Bertz CT molecular complexity index is 910. The van der Waals surface area contributed by atoms with E-state index in [0.29, 0.717) is 16.9 Å². The molecule has 0 radical (unpaired) electrons. The molecule has 0 saturated heterocycles. The Labute approximate surface area is 140 Å². The molecule has 0 aromatic heterocycles. The molecule has 0 unspecified atom stereocenters. The fourth-order valence-electron chi connectivity index (χ4n) is 1.92. The van der Waals surface area contributed by atoms with E-state index in [2.05, 4.69) is 4.18 Å². The molecule has 0 heterocycles. The van der Waals surface area contributed by atoms with Crippen LogP contribution in [-0.2, 0) is 27.1 Å². The highest BCUT2D eigenvalue weighted by Gasteiger charge is 2.18. The van der Waals surface area contributed by atoms with E-state index in [4.69, 9.17) is 16.0 Å². The summed E-state index contributed by atoms with van der Waals surface area (Å²) in [4.78, 5) is 0. The summed E-state index contributed by atoms with van der Waals surface area (Å²) in [5, 5.41) is 10.0. The van der Waals surface area contributed by atoms with Crippen LogP contribution in [0.25, 0.3) is 0 Å². The quantitative estimate of drug-likeness (QED) is 0.608. The third kappa shape index (κ3) is 5.09. The van der Waals surface area contributed by atoms with Crippen LogP contribution in [0.2, 0.25) is 0 Å². The molecule has 0 aliphatic rings. The minimum atomic E-state index is -4.12. The van der Waals surface area contributed by atoms with Crippen molar-refractivity contribution in [3.63, 3.8) is 0 Å². The second kappa shape index (κ2) is 6.65. The van der Waals surface area contributed by atoms with E-state index in [1.165, 1.54) is 36.4 Å². The molecule has 0 aliphatic carbocycles. The summed E-state index contributed by atoms with van der Waals surface area (Å²) in [6.07, 6.45) is 0. The van der Waals surface area contributed by atoms with E-state index in [9.17, 15) is 16.8 Å². The molecular formula is C13H16N4O5S2. The third-order valence-corrected chi connectivity index (χ3v) is 4.33. The largest absolute Gasteiger partial charge is 0.399 e. The summed E-state index contributed by atoms with van der Waals surface area (Å²) in [6, 6.07) is 11.9. The predicted octanol–water partition coefficient (Wildman–Crippen LogP) is 0.0612. The lowest BCUT2D eigenvalue weighted by atomic mass is 10.2. The van der Waals surface area contributed by atoms with Gasteiger partial charge in [-0.2, -0.15) is 22.0 Å². The molecule has 2 aromatic carbocycles. The monoisotopic (exact) mass is 372 g/mol. The summed E-state index contributed by atoms with van der Waals surface area (Å²) in [5.41, 5.74) is 6.97. The average Bonchev–Trinajstić information content (AvgIpc) is 2.45. The smallest absolute Gasteiger partial charge is 0.380 e. The van der Waals surface area contributed by atoms with Gasteiger partial charge in [-0.3, -0.25) is 4.31 Å². The SMILES string of the molecule is Nc1ccc(N(Cc2ccc(OS(N)(=O)=O)cc2)S(N)(=O)=O)cc1. The Balaban J connectivity index is 2.26. The van der Waals surface area contributed by atoms with E-state index >= 15 is 0 Å². The minimum absolute atomic E-state index is 0.0101. The molecule has 2 rings (SSSR count). The van der Waals surface area contributed by atoms with Crippen molar-refractivity contribution < 1.29 is 21.0 Å². The van der Waals surface area contributed by atoms with Crippen LogP contribution >= 0.6 is 0 Å². The first kappa shape index (κ1) is 18.0. The van der Waals surface area contributed by atoms with Crippen molar-refractivity contribution in [3.8, 4) is 5.75 Å². The number of hydrogen-bond donors (Lipinski definition) is 3. The molecule has 0 atom stereocenters. The van der Waals surface area contributed by atoms with Crippen molar-refractivity contribution in [2.45, 2.75) is 6.54 Å². The van der Waals surface area contributed by atoms with Gasteiger partial charge in [0.1, 0.15) is 5.75 Å². The Hall–Kier alpha value is -2.34. The zero-order valence-electron chi connectivity index (χ0n) is 12.4. The maximum atomic E-state index is 11.8. The highest BCUT2D eigenvalue weighted by molar-refractivity contribution is 7.90. The maximum absolute atomic E-state index is 11.8. The molecule has 0 amide bonds. The predicted molar refractivity (Wildman–Crippen MR) is 90.3 cm³/mol. The third-order valence-electron chi connectivity index (χ3n) is 2.95. The normalized spacial score (nSPS) is 11.9. The summed E-state index contributed by atoms with van der Waals surface area (Å²) >= 11 is 0. The van der Waals surface area contributed by atoms with Gasteiger partial charge in [0, 0.05) is 5.69 Å². The van der Waals surface area contributed by atoms with E-state index in [-0.39, 0.29) is 12.3 Å². The zero-order chi connectivity index (χ0) is 18.0. The standard InChI is InChI=1S/C13H16N4O5S2/c14-11-3-5-12(6-4-11)17(23(15,18)19)9-10-1-7-13(8-2-10)22-24(16,20)21/h1-8H,9,14H2,(H2,15,18,19)(H2,16,20,21). The first-order valence-electron chi connectivity index (χ1n) is 6.52. The number of nitrogen functional groups attached to an aromatic ring is 1. The molecule has 0 spiro atoms. The molecule has 0 fully saturated rings. The van der Waals surface area contributed by atoms with E-state index in [1.54, 1.807) is 12.1 Å². The number of benzene rings is 2. The van der Waals surface area contributed by atoms with Crippen molar-refractivity contribution in [1.82, 2.24) is 0 Å². The zero-order valence-corrected chi connectivity index (χ0v) is 14.0. The first-order valence-corrected chi connectivity index (χ1v) is 9.49. The fraction of sp³-hybridized carbons (Fsp3) is 0.0769. The fourth-order valence-corrected chi connectivity index (χ4v) is 3.04. The van der Waals surface area contributed by atoms with Crippen molar-refractivity contribution in [2.24, 2.45) is 10.3 Å². The van der Waals surface area contributed by atoms with Gasteiger partial charge in [0.25, 0.3) is 10.2 Å². The van der Waals surface area contributed by atoms with Gasteiger partial charge in [-0.15, -0.1) is 0 Å². The molecule has 6 N–H and O–H groups in total. The Morgan fingerprint density at radius 1 is 0.875 bits per heavy atom. The van der Waals surface area contributed by atoms with Gasteiger partial charge in [0.15, 0.2) is 0 Å². The van der Waals surface area contributed by atoms with Crippen LogP contribution in [0.15, 0.2) is 48.5 Å². The van der Waals surface area contributed by atoms with Crippen LogP contribution in [-0.4, -0.2) is 16.8 Å². The molecule has 24 heavy (non-hydrogen) atoms. The van der Waals surface area contributed by atoms with Crippen molar-refractivity contribution in [3.05, 3.63) is 54.1 Å². The summed E-state index contributed by atoms with van der Waals surface area (Å²) in [6.45, 7) is -0.0571. The Kier molecular flexibility index (Phi) is 4.99. The van der Waals surface area contributed by atoms with Crippen molar-refractivity contribution >= 4 is 31.9 Å². The van der Waals surface area contributed by atoms with E-state index < -0.39 is 20.5 Å². The van der Waals surface area contributed by atoms with Gasteiger partial charge in [-0.25, -0.2) is 5.14 Å². The van der Waals surface area contributed by atoms with Crippen LogP contribution in [0.1, 0.15) is 5.56 Å². The van der Waals surface area contributed by atoms with Crippen LogP contribution in [0.4, 0.5) is 11.4 Å². The average molecular weight is 372 g/mol. The van der Waals surface area contributed by atoms with Gasteiger partial charge in [0.05, 0.1) is 12.2 Å². The molecule has 11 heteroatoms. The van der Waals surface area contributed by atoms with Gasteiger partial charge >= 0.3 is 10.3 Å².